The van der Waals surface area contributed by atoms with Crippen LogP contribution in [0.5, 0.6) is 0 Å². The number of carbonyl (C=O) groups excluding carboxylic acids is 2. The molecule has 6 fully saturated rings. The number of alkyl halides is 1. The maximum absolute atomic E-state index is 16.5. The van der Waals surface area contributed by atoms with Gasteiger partial charge in [-0.05, 0) is 76.9 Å². The van der Waals surface area contributed by atoms with Crippen molar-refractivity contribution in [3.05, 3.63) is 36.1 Å². The van der Waals surface area contributed by atoms with Crippen LogP contribution in [0.3, 0.4) is 0 Å². The molecular weight excluding hydrogens is 571 g/mol. The number of likely N-dealkylation sites (tertiary alicyclic amines) is 2. The molecule has 7 aliphatic rings. The van der Waals surface area contributed by atoms with E-state index in [1.165, 1.54) is 32.1 Å². The smallest absolute Gasteiger partial charge is 0.256 e. The summed E-state index contributed by atoms with van der Waals surface area (Å²) in [6.45, 7) is 3.13. The van der Waals surface area contributed by atoms with Gasteiger partial charge in [0.1, 0.15) is 6.17 Å². The van der Waals surface area contributed by atoms with Gasteiger partial charge in [0.05, 0.1) is 41.6 Å². The lowest BCUT2D eigenvalue weighted by Crippen LogP contribution is -2.73. The number of morpholine rings is 1. The van der Waals surface area contributed by atoms with Gasteiger partial charge in [-0.1, -0.05) is 25.7 Å². The van der Waals surface area contributed by atoms with E-state index in [2.05, 4.69) is 37.0 Å². The Morgan fingerprint density at radius 1 is 1.04 bits per heavy atom. The molecule has 3 saturated heterocycles. The summed E-state index contributed by atoms with van der Waals surface area (Å²) in [4.78, 5) is 43.5. The summed E-state index contributed by atoms with van der Waals surface area (Å²) in [5, 5.41) is 3.08. The van der Waals surface area contributed by atoms with Crippen LogP contribution in [0, 0.1) is 17.8 Å². The number of halogens is 1. The Morgan fingerprint density at radius 3 is 2.67 bits per heavy atom. The normalized spacial score (nSPS) is 41.6. The lowest BCUT2D eigenvalue weighted by molar-refractivity contribution is -0.219. The molecule has 3 aliphatic carbocycles. The van der Waals surface area contributed by atoms with Crippen molar-refractivity contribution in [1.29, 1.82) is 0 Å². The number of Topliss-reactive ketones (excluding diaryl/α,β-unsaturated/α-hetero) is 1. The zero-order chi connectivity index (χ0) is 30.7. The maximum atomic E-state index is 16.5. The van der Waals surface area contributed by atoms with Crippen molar-refractivity contribution in [3.63, 3.8) is 0 Å². The molecule has 45 heavy (non-hydrogen) atoms. The van der Waals surface area contributed by atoms with Gasteiger partial charge in [0.15, 0.2) is 5.78 Å². The van der Waals surface area contributed by atoms with Crippen LogP contribution in [0.4, 0.5) is 4.39 Å². The first kappa shape index (κ1) is 29.9. The van der Waals surface area contributed by atoms with E-state index in [1.54, 1.807) is 12.4 Å². The van der Waals surface area contributed by atoms with Crippen molar-refractivity contribution in [2.45, 2.75) is 119 Å². The second-order valence-electron chi connectivity index (χ2n) is 15.1. The number of carbonyl (C=O) groups is 2. The van der Waals surface area contributed by atoms with Gasteiger partial charge in [0.2, 0.25) is 0 Å². The number of hydrogen-bond donors (Lipinski definition) is 1. The Balaban J connectivity index is 1.07. The molecule has 11 atom stereocenters. The van der Waals surface area contributed by atoms with E-state index in [0.29, 0.717) is 31.0 Å². The lowest BCUT2D eigenvalue weighted by Gasteiger charge is -2.61. The summed E-state index contributed by atoms with van der Waals surface area (Å²) in [5.74, 6) is 0.441. The number of nitrogens with one attached hydrogen (secondary N) is 1. The minimum Gasteiger partial charge on any atom is -0.369 e. The Labute approximate surface area is 266 Å². The fraction of sp³-hybridized carbons (Fsp3) is 0.771. The van der Waals surface area contributed by atoms with Crippen molar-refractivity contribution in [2.75, 3.05) is 33.2 Å². The monoisotopic (exact) mass is 620 g/mol. The maximum Gasteiger partial charge on any atom is 0.256 e. The third-order valence-corrected chi connectivity index (χ3v) is 12.8. The van der Waals surface area contributed by atoms with Gasteiger partial charge in [-0.15, -0.1) is 0 Å². The molecule has 10 heteroatoms. The second-order valence-corrected chi connectivity index (χ2v) is 15.1. The highest BCUT2D eigenvalue weighted by Crippen LogP contribution is 2.51. The molecule has 5 heterocycles. The highest BCUT2D eigenvalue weighted by molar-refractivity contribution is 6.20. The number of rotatable bonds is 6. The predicted octanol–water partition coefficient (Wildman–Crippen LogP) is 3.47. The average Bonchev–Trinajstić information content (AvgIpc) is 3.71. The van der Waals surface area contributed by atoms with E-state index in [4.69, 9.17) is 4.74 Å². The topological polar surface area (TPSA) is 90.9 Å². The fourth-order valence-electron chi connectivity index (χ4n) is 10.5. The molecule has 1 aromatic rings. The summed E-state index contributed by atoms with van der Waals surface area (Å²) in [6, 6.07) is -0.0618. The third kappa shape index (κ3) is 5.42. The summed E-state index contributed by atoms with van der Waals surface area (Å²) in [7, 11) is 2.14. The van der Waals surface area contributed by atoms with Crippen molar-refractivity contribution in [3.8, 4) is 0 Å². The van der Waals surface area contributed by atoms with E-state index in [-0.39, 0.29) is 47.8 Å². The summed E-state index contributed by atoms with van der Waals surface area (Å²) in [6.07, 6.45) is 16.8. The van der Waals surface area contributed by atoms with E-state index in [1.807, 2.05) is 12.4 Å². The zero-order valence-electron chi connectivity index (χ0n) is 26.6. The van der Waals surface area contributed by atoms with Crippen LogP contribution in [0.15, 0.2) is 30.4 Å². The third-order valence-electron chi connectivity index (χ3n) is 12.8. The molecule has 9 nitrogen and oxygen atoms in total. The Kier molecular flexibility index (Phi) is 8.19. The van der Waals surface area contributed by atoms with E-state index in [0.717, 1.165) is 50.9 Å². The van der Waals surface area contributed by atoms with E-state index >= 15 is 4.39 Å². The number of ketones is 1. The zero-order valence-corrected chi connectivity index (χ0v) is 26.6. The van der Waals surface area contributed by atoms with Gasteiger partial charge in [0.25, 0.3) is 5.91 Å². The Morgan fingerprint density at radius 2 is 1.89 bits per heavy atom. The van der Waals surface area contributed by atoms with Crippen LogP contribution in [-0.4, -0.2) is 112 Å². The largest absolute Gasteiger partial charge is 0.369 e. The van der Waals surface area contributed by atoms with Gasteiger partial charge >= 0.3 is 0 Å². The van der Waals surface area contributed by atoms with Crippen LogP contribution in [-0.2, 0) is 14.3 Å². The van der Waals surface area contributed by atoms with Crippen LogP contribution in [0.2, 0.25) is 0 Å². The predicted molar refractivity (Wildman–Crippen MR) is 167 cm³/mol. The standard InChI is InChI=1S/C35H49FN6O3/c1-40-13-4-7-24(40)8-10-39-35(44)26-20-42-29-15-21-5-2-3-6-22(21)16-30(29)45-34-31(42)25(33(26)43)17-27(36)32(34)41-14-9-23(19-41)28-18-37-11-12-38-28/h11-12,18,20-25,27,29-32,34H,2-10,13-17,19H2,1H3,(H,39,44)/t21?,22?,23-,24-,25?,27?,29?,30?,31?,32?,34?/m0/s1. The van der Waals surface area contributed by atoms with Crippen LogP contribution < -0.4 is 5.32 Å². The molecule has 0 radical (unpaired) electrons. The first-order chi connectivity index (χ1) is 22.0. The fourth-order valence-corrected chi connectivity index (χ4v) is 10.5. The number of amides is 1. The average molecular weight is 621 g/mol. The van der Waals surface area contributed by atoms with Crippen LogP contribution in [0.1, 0.15) is 82.2 Å². The van der Waals surface area contributed by atoms with E-state index in [9.17, 15) is 9.59 Å². The van der Waals surface area contributed by atoms with Crippen LogP contribution in [0.25, 0.3) is 0 Å². The number of ether oxygens (including phenoxy) is 1. The highest BCUT2D eigenvalue weighted by atomic mass is 19.1. The molecule has 0 aromatic carbocycles. The number of nitrogens with zero attached hydrogens (tertiary/aromatic N) is 5. The van der Waals surface area contributed by atoms with Crippen molar-refractivity contribution < 1.29 is 18.7 Å². The van der Waals surface area contributed by atoms with Gasteiger partial charge in [-0.2, -0.15) is 0 Å². The number of aromatic nitrogens is 2. The minimum atomic E-state index is -1.20. The van der Waals surface area contributed by atoms with Gasteiger partial charge in [-0.3, -0.25) is 24.5 Å². The molecule has 1 amide bonds. The highest BCUT2D eigenvalue weighted by Gasteiger charge is 2.61. The Hall–Kier alpha value is -2.43. The first-order valence-corrected chi connectivity index (χ1v) is 17.8. The summed E-state index contributed by atoms with van der Waals surface area (Å²) in [5.41, 5.74) is 1.17. The number of fused-ring (bicyclic) bond motifs is 3. The molecule has 1 N–H and O–H groups in total. The van der Waals surface area contributed by atoms with Gasteiger partial charge in [-0.25, -0.2) is 4.39 Å². The second kappa shape index (κ2) is 12.3. The molecule has 4 aliphatic heterocycles. The van der Waals surface area contributed by atoms with E-state index < -0.39 is 24.2 Å². The van der Waals surface area contributed by atoms with Gasteiger partial charge < -0.3 is 19.9 Å². The van der Waals surface area contributed by atoms with Crippen molar-refractivity contribution in [1.82, 2.24) is 30.0 Å². The SMILES string of the molecule is CN1CCC[C@H]1CCNC(=O)C1=CN2C3CC4CCCCC4CC3OC3C(N4CC[C@H](c5cnccn5)C4)C(F)CC(C1=O)C32. The van der Waals surface area contributed by atoms with Crippen molar-refractivity contribution in [2.24, 2.45) is 17.8 Å². The number of hydrogen-bond acceptors (Lipinski definition) is 8. The summed E-state index contributed by atoms with van der Waals surface area (Å²) >= 11 is 0. The first-order valence-electron chi connectivity index (χ1n) is 17.8. The molecule has 3 saturated carbocycles. The quantitative estimate of drug-likeness (QED) is 0.484. The summed E-state index contributed by atoms with van der Waals surface area (Å²) < 4.78 is 23.6. The lowest BCUT2D eigenvalue weighted by atomic mass is 9.64. The van der Waals surface area contributed by atoms with Crippen molar-refractivity contribution >= 4 is 11.7 Å². The molecule has 9 unspecified atom stereocenters. The molecule has 244 valence electrons. The Bertz CT molecular complexity index is 1300. The molecule has 0 bridgehead atoms. The van der Waals surface area contributed by atoms with Crippen LogP contribution >= 0.6 is 0 Å². The molecular formula is C35H49FN6O3. The van der Waals surface area contributed by atoms with Gasteiger partial charge in [0, 0.05) is 55.8 Å². The minimum absolute atomic E-state index is 0.0101. The molecule has 0 spiro atoms. The molecule has 1 aromatic heterocycles. The molecule has 8 rings (SSSR count).